The van der Waals surface area contributed by atoms with Crippen LogP contribution in [0.25, 0.3) is 0 Å². The van der Waals surface area contributed by atoms with Crippen LogP contribution in [0.2, 0.25) is 5.02 Å². The van der Waals surface area contributed by atoms with E-state index in [9.17, 15) is 5.11 Å². The topological polar surface area (TPSA) is 117 Å². The Morgan fingerprint density at radius 2 is 1.85 bits per heavy atom. The van der Waals surface area contributed by atoms with E-state index < -0.39 is 17.6 Å². The molecule has 4 rings (SSSR count). The summed E-state index contributed by atoms with van der Waals surface area (Å²) in [5.74, 6) is -1.55. The van der Waals surface area contributed by atoms with Crippen molar-refractivity contribution in [2.24, 2.45) is 10.3 Å². The van der Waals surface area contributed by atoms with Crippen LogP contribution >= 0.6 is 11.6 Å². The van der Waals surface area contributed by atoms with Crippen molar-refractivity contribution in [3.05, 3.63) is 65.2 Å². The molecule has 2 heterocycles. The minimum atomic E-state index is -0.976. The number of rotatable bonds is 7. The van der Waals surface area contributed by atoms with Crippen LogP contribution in [0.15, 0.2) is 59.1 Å². The van der Waals surface area contributed by atoms with Gasteiger partial charge in [0.05, 0.1) is 10.6 Å². The number of para-hydroxylation sites is 1. The minimum Gasteiger partial charge on any atom is -0.508 e. The van der Waals surface area contributed by atoms with Crippen molar-refractivity contribution in [1.82, 2.24) is 9.97 Å². The van der Waals surface area contributed by atoms with Gasteiger partial charge in [0.15, 0.2) is 12.3 Å². The van der Waals surface area contributed by atoms with E-state index in [1.54, 1.807) is 24.3 Å². The smallest absolute Gasteiger partial charge is 0.280 e. The van der Waals surface area contributed by atoms with Crippen molar-refractivity contribution in [1.29, 1.82) is 0 Å². The lowest BCUT2D eigenvalue weighted by atomic mass is 10.1. The molecule has 1 aliphatic rings. The standard InChI is InChI=1S/C21H16ClFN4O6/c1-29-26-18(21-27-31-9-8-30-21)13-4-2-3-5-15(13)32-19-17(23)20(25-11-24-19)33-16-7-6-12(28)10-14(16)22/h2-7,10-11,28H,8-9H2,1H3. The van der Waals surface area contributed by atoms with Gasteiger partial charge in [0.1, 0.15) is 37.3 Å². The summed E-state index contributed by atoms with van der Waals surface area (Å²) in [6.45, 7) is 0.563. The first-order valence-electron chi connectivity index (χ1n) is 9.45. The summed E-state index contributed by atoms with van der Waals surface area (Å²) < 4.78 is 31.7. The normalized spacial score (nSPS) is 13.4. The Kier molecular flexibility index (Phi) is 6.69. The van der Waals surface area contributed by atoms with Gasteiger partial charge in [-0.1, -0.05) is 28.9 Å². The van der Waals surface area contributed by atoms with Gasteiger partial charge in [0, 0.05) is 6.07 Å². The fourth-order valence-electron chi connectivity index (χ4n) is 2.73. The predicted octanol–water partition coefficient (Wildman–Crippen LogP) is 4.27. The van der Waals surface area contributed by atoms with Gasteiger partial charge in [-0.25, -0.2) is 0 Å². The zero-order chi connectivity index (χ0) is 23.2. The van der Waals surface area contributed by atoms with Gasteiger partial charge in [-0.15, -0.1) is 0 Å². The zero-order valence-corrected chi connectivity index (χ0v) is 17.8. The van der Waals surface area contributed by atoms with Crippen LogP contribution in [-0.2, 0) is 14.4 Å². The molecule has 33 heavy (non-hydrogen) atoms. The third-order valence-corrected chi connectivity index (χ3v) is 4.44. The summed E-state index contributed by atoms with van der Waals surface area (Å²) >= 11 is 6.02. The Bertz CT molecular complexity index is 1220. The molecular weight excluding hydrogens is 459 g/mol. The van der Waals surface area contributed by atoms with Crippen LogP contribution < -0.4 is 9.47 Å². The highest BCUT2D eigenvalue weighted by Crippen LogP contribution is 2.35. The second-order valence-corrected chi connectivity index (χ2v) is 6.72. The second-order valence-electron chi connectivity index (χ2n) is 6.31. The molecule has 0 spiro atoms. The van der Waals surface area contributed by atoms with E-state index in [1.807, 2.05) is 0 Å². The molecule has 1 aromatic heterocycles. The minimum absolute atomic E-state index is 0.0664. The molecule has 0 atom stereocenters. The van der Waals surface area contributed by atoms with Crippen LogP contribution in [-0.4, -0.2) is 47.0 Å². The molecular formula is C21H16ClFN4O6. The molecule has 0 fully saturated rings. The highest BCUT2D eigenvalue weighted by atomic mass is 35.5. The van der Waals surface area contributed by atoms with Crippen molar-refractivity contribution < 1.29 is 33.4 Å². The largest absolute Gasteiger partial charge is 0.508 e. The number of aromatic nitrogens is 2. The molecule has 2 aromatic carbocycles. The van der Waals surface area contributed by atoms with E-state index in [1.165, 1.54) is 25.3 Å². The van der Waals surface area contributed by atoms with Crippen LogP contribution in [0, 0.1) is 5.82 Å². The average Bonchev–Trinajstić information content (AvgIpc) is 2.83. The Labute approximate surface area is 191 Å². The Morgan fingerprint density at radius 1 is 1.09 bits per heavy atom. The van der Waals surface area contributed by atoms with Gasteiger partial charge < -0.3 is 29.0 Å². The van der Waals surface area contributed by atoms with Crippen LogP contribution in [0.3, 0.4) is 0 Å². The third kappa shape index (κ3) is 5.04. The van der Waals surface area contributed by atoms with Gasteiger partial charge in [-0.3, -0.25) is 0 Å². The van der Waals surface area contributed by atoms with Gasteiger partial charge in [0.25, 0.3) is 17.7 Å². The highest BCUT2D eigenvalue weighted by Gasteiger charge is 2.24. The Morgan fingerprint density at radius 3 is 2.55 bits per heavy atom. The van der Waals surface area contributed by atoms with E-state index in [-0.39, 0.29) is 40.5 Å². The molecule has 1 N–H and O–H groups in total. The van der Waals surface area contributed by atoms with Crippen molar-refractivity contribution >= 4 is 23.2 Å². The zero-order valence-electron chi connectivity index (χ0n) is 17.1. The Balaban J connectivity index is 1.66. The molecule has 0 unspecified atom stereocenters. The van der Waals surface area contributed by atoms with Crippen molar-refractivity contribution in [2.75, 3.05) is 20.3 Å². The summed E-state index contributed by atoms with van der Waals surface area (Å²) in [6, 6.07) is 10.6. The van der Waals surface area contributed by atoms with Crippen molar-refractivity contribution in [3.63, 3.8) is 0 Å². The summed E-state index contributed by atoms with van der Waals surface area (Å²) in [7, 11) is 1.36. The average molecular weight is 475 g/mol. The summed E-state index contributed by atoms with van der Waals surface area (Å²) in [4.78, 5) is 17.6. The quantitative estimate of drug-likeness (QED) is 0.398. The van der Waals surface area contributed by atoms with E-state index >= 15 is 4.39 Å². The molecule has 0 radical (unpaired) electrons. The number of benzene rings is 2. The summed E-state index contributed by atoms with van der Waals surface area (Å²) in [5, 5.41) is 17.3. The van der Waals surface area contributed by atoms with Gasteiger partial charge in [-0.05, 0) is 29.4 Å². The number of aromatic hydroxyl groups is 1. The maximum atomic E-state index is 15.1. The third-order valence-electron chi connectivity index (χ3n) is 4.14. The highest BCUT2D eigenvalue weighted by molar-refractivity contribution is 6.45. The first kappa shape index (κ1) is 22.1. The number of phenols is 1. The first-order valence-corrected chi connectivity index (χ1v) is 9.83. The van der Waals surface area contributed by atoms with E-state index in [0.29, 0.717) is 12.2 Å². The first-order chi connectivity index (χ1) is 16.1. The SMILES string of the molecule is CON=C(C1=NOCCO1)c1ccccc1Oc1ncnc(Oc2ccc(O)cc2Cl)c1F. The molecule has 0 amide bonds. The lowest BCUT2D eigenvalue weighted by Gasteiger charge is -2.17. The fraction of sp³-hybridized carbons (Fsp3) is 0.143. The van der Waals surface area contributed by atoms with Gasteiger partial charge >= 0.3 is 0 Å². The molecule has 0 saturated carbocycles. The molecule has 170 valence electrons. The molecule has 12 heteroatoms. The molecule has 0 bridgehead atoms. The number of halogens is 2. The molecule has 1 aliphatic heterocycles. The van der Waals surface area contributed by atoms with Crippen molar-refractivity contribution in [2.45, 2.75) is 0 Å². The Hall–Kier alpha value is -4.12. The lowest BCUT2D eigenvalue weighted by Crippen LogP contribution is -2.25. The van der Waals surface area contributed by atoms with Crippen molar-refractivity contribution in [3.8, 4) is 29.0 Å². The second kappa shape index (κ2) is 10.0. The predicted molar refractivity (Wildman–Crippen MR) is 115 cm³/mol. The van der Waals surface area contributed by atoms with E-state index in [4.69, 9.17) is 35.5 Å². The molecule has 0 saturated heterocycles. The number of nitrogens with zero attached hydrogens (tertiary/aromatic N) is 4. The summed E-state index contributed by atoms with van der Waals surface area (Å²) in [6.07, 6.45) is 1.07. The fourth-order valence-corrected chi connectivity index (χ4v) is 2.94. The number of hydrogen-bond donors (Lipinski definition) is 1. The number of phenolic OH excluding ortho intramolecular Hbond substituents is 1. The molecule has 3 aromatic rings. The monoisotopic (exact) mass is 474 g/mol. The maximum Gasteiger partial charge on any atom is 0.280 e. The van der Waals surface area contributed by atoms with E-state index in [2.05, 4.69) is 20.3 Å². The van der Waals surface area contributed by atoms with Crippen LogP contribution in [0.5, 0.6) is 29.0 Å². The number of ether oxygens (including phenoxy) is 3. The van der Waals surface area contributed by atoms with Crippen LogP contribution in [0.1, 0.15) is 5.56 Å². The number of hydrogen-bond acceptors (Lipinski definition) is 10. The van der Waals surface area contributed by atoms with Gasteiger partial charge in [-0.2, -0.15) is 14.4 Å². The van der Waals surface area contributed by atoms with Gasteiger partial charge in [0.2, 0.25) is 5.82 Å². The molecule has 10 nitrogen and oxygen atoms in total. The van der Waals surface area contributed by atoms with Crippen LogP contribution in [0.4, 0.5) is 4.39 Å². The molecule has 0 aliphatic carbocycles. The summed E-state index contributed by atoms with van der Waals surface area (Å²) in [5.41, 5.74) is 0.556. The maximum absolute atomic E-state index is 15.1. The lowest BCUT2D eigenvalue weighted by molar-refractivity contribution is 0.0672. The van der Waals surface area contributed by atoms with E-state index in [0.717, 1.165) is 6.33 Å². The number of oxime groups is 2.